The highest BCUT2D eigenvalue weighted by molar-refractivity contribution is 5.99. The van der Waals surface area contributed by atoms with Crippen LogP contribution in [-0.4, -0.2) is 31.6 Å². The van der Waals surface area contributed by atoms with Crippen LogP contribution < -0.4 is 14.9 Å². The van der Waals surface area contributed by atoms with Gasteiger partial charge >= 0.3 is 0 Å². The van der Waals surface area contributed by atoms with E-state index in [4.69, 9.17) is 13.9 Å². The Labute approximate surface area is 203 Å². The summed E-state index contributed by atoms with van der Waals surface area (Å²) in [6.07, 6.45) is 0.579. The molecule has 1 aromatic heterocycles. The van der Waals surface area contributed by atoms with Crippen molar-refractivity contribution in [2.75, 3.05) is 20.8 Å². The molecule has 0 spiro atoms. The van der Waals surface area contributed by atoms with E-state index < -0.39 is 6.04 Å². The zero-order valence-corrected chi connectivity index (χ0v) is 20.3. The van der Waals surface area contributed by atoms with Gasteiger partial charge in [-0.2, -0.15) is 0 Å². The fourth-order valence-corrected chi connectivity index (χ4v) is 4.77. The van der Waals surface area contributed by atoms with E-state index in [-0.39, 0.29) is 17.1 Å². The fourth-order valence-electron chi connectivity index (χ4n) is 4.77. The predicted octanol–water partition coefficient (Wildman–Crippen LogP) is 5.21. The SMILES string of the molecule is COc1ccc(CCN2C(=O)c3oc4cc(C)c(C)cc4c(=O)c3[C@H]2c2ccccc2)cc1OC. The maximum absolute atomic E-state index is 13.7. The first-order valence-corrected chi connectivity index (χ1v) is 11.6. The van der Waals surface area contributed by atoms with Crippen LogP contribution in [0.3, 0.4) is 0 Å². The highest BCUT2D eigenvalue weighted by atomic mass is 16.5. The predicted molar refractivity (Wildman–Crippen MR) is 135 cm³/mol. The van der Waals surface area contributed by atoms with E-state index in [2.05, 4.69) is 0 Å². The summed E-state index contributed by atoms with van der Waals surface area (Å²) in [4.78, 5) is 29.1. The average Bonchev–Trinajstić information content (AvgIpc) is 3.16. The van der Waals surface area contributed by atoms with Gasteiger partial charge in [0.2, 0.25) is 5.76 Å². The second kappa shape index (κ2) is 8.95. The standard InChI is InChI=1S/C29H27NO5/c1-17-14-21-23(15-18(17)2)35-28-25(27(21)31)26(20-8-6-5-7-9-20)30(29(28)32)13-12-19-10-11-22(33-3)24(16-19)34-4/h5-11,14-16,26H,12-13H2,1-4H3/t26-/m1/s1. The number of benzene rings is 3. The van der Waals surface area contributed by atoms with Crippen molar-refractivity contribution < 1.29 is 18.7 Å². The molecule has 178 valence electrons. The Morgan fingerprint density at radius 3 is 2.31 bits per heavy atom. The van der Waals surface area contributed by atoms with Gasteiger partial charge in [-0.25, -0.2) is 0 Å². The van der Waals surface area contributed by atoms with Crippen LogP contribution in [0.2, 0.25) is 0 Å². The van der Waals surface area contributed by atoms with Crippen molar-refractivity contribution in [2.45, 2.75) is 26.3 Å². The van der Waals surface area contributed by atoms with Gasteiger partial charge in [0.25, 0.3) is 5.91 Å². The number of hydrogen-bond donors (Lipinski definition) is 0. The molecule has 0 aliphatic carbocycles. The summed E-state index contributed by atoms with van der Waals surface area (Å²) in [5.41, 5.74) is 4.59. The Morgan fingerprint density at radius 1 is 0.886 bits per heavy atom. The van der Waals surface area contributed by atoms with Crippen LogP contribution in [0.5, 0.6) is 11.5 Å². The molecule has 0 radical (unpaired) electrons. The molecule has 3 aromatic carbocycles. The third-order valence-corrected chi connectivity index (χ3v) is 6.79. The lowest BCUT2D eigenvalue weighted by atomic mass is 9.97. The smallest absolute Gasteiger partial charge is 0.290 e. The number of rotatable bonds is 6. The van der Waals surface area contributed by atoms with Crippen molar-refractivity contribution in [3.8, 4) is 11.5 Å². The van der Waals surface area contributed by atoms with Crippen molar-refractivity contribution in [3.05, 3.63) is 104 Å². The molecule has 0 bridgehead atoms. The van der Waals surface area contributed by atoms with Gasteiger partial charge < -0.3 is 18.8 Å². The van der Waals surface area contributed by atoms with Crippen molar-refractivity contribution in [3.63, 3.8) is 0 Å². The second-order valence-corrected chi connectivity index (χ2v) is 8.86. The molecule has 6 heteroatoms. The minimum absolute atomic E-state index is 0.131. The first-order chi connectivity index (χ1) is 16.9. The number of ether oxygens (including phenoxy) is 2. The van der Waals surface area contributed by atoms with Crippen LogP contribution in [-0.2, 0) is 6.42 Å². The largest absolute Gasteiger partial charge is 0.493 e. The minimum atomic E-state index is -0.513. The molecule has 0 fully saturated rings. The van der Waals surface area contributed by atoms with Gasteiger partial charge in [-0.15, -0.1) is 0 Å². The third kappa shape index (κ3) is 3.85. The van der Waals surface area contributed by atoms with Crippen molar-refractivity contribution in [1.29, 1.82) is 0 Å². The van der Waals surface area contributed by atoms with E-state index in [0.717, 1.165) is 22.3 Å². The Morgan fingerprint density at radius 2 is 1.60 bits per heavy atom. The van der Waals surface area contributed by atoms with Crippen LogP contribution in [0, 0.1) is 13.8 Å². The molecule has 4 aromatic rings. The van der Waals surface area contributed by atoms with Crippen molar-refractivity contribution in [1.82, 2.24) is 4.90 Å². The highest BCUT2D eigenvalue weighted by Gasteiger charge is 2.42. The molecule has 35 heavy (non-hydrogen) atoms. The molecule has 1 amide bonds. The van der Waals surface area contributed by atoms with E-state index >= 15 is 0 Å². The number of carbonyl (C=O) groups excluding carboxylic acids is 1. The number of hydrogen-bond acceptors (Lipinski definition) is 5. The van der Waals surface area contributed by atoms with Gasteiger partial charge in [0, 0.05) is 6.54 Å². The number of amides is 1. The normalized spacial score (nSPS) is 14.9. The Balaban J connectivity index is 1.59. The summed E-state index contributed by atoms with van der Waals surface area (Å²) in [5.74, 6) is 1.14. The molecule has 0 unspecified atom stereocenters. The van der Waals surface area contributed by atoms with Gasteiger partial charge in [-0.05, 0) is 66.8 Å². The molecule has 0 saturated heterocycles. The number of methoxy groups -OCH3 is 2. The molecule has 2 heterocycles. The third-order valence-electron chi connectivity index (χ3n) is 6.79. The van der Waals surface area contributed by atoms with Crippen molar-refractivity contribution in [2.24, 2.45) is 0 Å². The zero-order valence-electron chi connectivity index (χ0n) is 20.3. The average molecular weight is 470 g/mol. The molecule has 1 aliphatic heterocycles. The van der Waals surface area contributed by atoms with Crippen LogP contribution in [0.1, 0.15) is 44.4 Å². The number of aryl methyl sites for hydroxylation is 2. The Kier molecular flexibility index (Phi) is 5.81. The molecule has 6 nitrogen and oxygen atoms in total. The van der Waals surface area contributed by atoms with Gasteiger partial charge in [0.15, 0.2) is 16.9 Å². The Hall–Kier alpha value is -4.06. The van der Waals surface area contributed by atoms with Gasteiger partial charge in [0.1, 0.15) is 5.58 Å². The van der Waals surface area contributed by atoms with E-state index in [9.17, 15) is 9.59 Å². The number of fused-ring (bicyclic) bond motifs is 2. The zero-order chi connectivity index (χ0) is 24.7. The maximum atomic E-state index is 13.7. The van der Waals surface area contributed by atoms with Crippen molar-refractivity contribution >= 4 is 16.9 Å². The summed E-state index contributed by atoms with van der Waals surface area (Å²) in [7, 11) is 3.19. The first-order valence-electron chi connectivity index (χ1n) is 11.6. The highest BCUT2D eigenvalue weighted by Crippen LogP contribution is 2.38. The van der Waals surface area contributed by atoms with Gasteiger partial charge in [0.05, 0.1) is 31.2 Å². The van der Waals surface area contributed by atoms with Crippen LogP contribution in [0.25, 0.3) is 11.0 Å². The molecular formula is C29H27NO5. The molecule has 0 saturated carbocycles. The lowest BCUT2D eigenvalue weighted by Crippen LogP contribution is -2.31. The summed E-state index contributed by atoms with van der Waals surface area (Å²) in [5, 5.41) is 0.502. The molecular weight excluding hydrogens is 442 g/mol. The molecule has 1 aliphatic rings. The molecule has 1 atom stereocenters. The van der Waals surface area contributed by atoms with Crippen LogP contribution >= 0.6 is 0 Å². The summed E-state index contributed by atoms with van der Waals surface area (Å²) in [6, 6.07) is 18.5. The Bertz CT molecular complexity index is 1490. The molecule has 0 N–H and O–H groups in total. The number of carbonyl (C=O) groups is 1. The van der Waals surface area contributed by atoms with Gasteiger partial charge in [-0.1, -0.05) is 36.4 Å². The quantitative estimate of drug-likeness (QED) is 0.388. The second-order valence-electron chi connectivity index (χ2n) is 8.86. The fraction of sp³-hybridized carbons (Fsp3) is 0.241. The molecule has 5 rings (SSSR count). The number of nitrogens with zero attached hydrogens (tertiary/aromatic N) is 1. The van der Waals surface area contributed by atoms with Gasteiger partial charge in [-0.3, -0.25) is 9.59 Å². The maximum Gasteiger partial charge on any atom is 0.290 e. The van der Waals surface area contributed by atoms with E-state index in [1.54, 1.807) is 19.1 Å². The van der Waals surface area contributed by atoms with Crippen LogP contribution in [0.15, 0.2) is 69.9 Å². The van der Waals surface area contributed by atoms with E-state index in [1.807, 2.05) is 74.5 Å². The lowest BCUT2D eigenvalue weighted by molar-refractivity contribution is 0.0730. The topological polar surface area (TPSA) is 69.0 Å². The summed E-state index contributed by atoms with van der Waals surface area (Å²) in [6.45, 7) is 4.34. The minimum Gasteiger partial charge on any atom is -0.493 e. The van der Waals surface area contributed by atoms with E-state index in [0.29, 0.717) is 41.0 Å². The van der Waals surface area contributed by atoms with Crippen LogP contribution in [0.4, 0.5) is 0 Å². The first kappa shape index (κ1) is 22.7. The monoisotopic (exact) mass is 469 g/mol. The summed E-state index contributed by atoms with van der Waals surface area (Å²) < 4.78 is 16.9. The van der Waals surface area contributed by atoms with E-state index in [1.165, 1.54) is 0 Å². The lowest BCUT2D eigenvalue weighted by Gasteiger charge is -2.25. The summed E-state index contributed by atoms with van der Waals surface area (Å²) >= 11 is 0.